The molecule has 1 aliphatic rings. The number of carboxylic acids is 1. The monoisotopic (exact) mass is 337 g/mol. The van der Waals surface area contributed by atoms with Gasteiger partial charge in [-0.3, -0.25) is 9.69 Å². The first-order chi connectivity index (χ1) is 11.4. The summed E-state index contributed by atoms with van der Waals surface area (Å²) in [6.45, 7) is 4.66. The van der Waals surface area contributed by atoms with Gasteiger partial charge in [-0.05, 0) is 43.5 Å². The summed E-state index contributed by atoms with van der Waals surface area (Å²) in [5, 5.41) is 14.5. The summed E-state index contributed by atoms with van der Waals surface area (Å²) in [6, 6.07) is 4.75. The number of nitrogens with one attached hydrogen (secondary N) is 2. The first-order valence-corrected chi connectivity index (χ1v) is 8.14. The second-order valence-corrected chi connectivity index (χ2v) is 6.19. The normalized spacial score (nSPS) is 19.7. The van der Waals surface area contributed by atoms with Crippen molar-refractivity contribution in [1.29, 1.82) is 0 Å². The molecule has 1 saturated carbocycles. The zero-order valence-corrected chi connectivity index (χ0v) is 14.0. The fourth-order valence-electron chi connectivity index (χ4n) is 2.91. The van der Waals surface area contributed by atoms with E-state index in [0.29, 0.717) is 18.7 Å². The summed E-state index contributed by atoms with van der Waals surface area (Å²) in [5.74, 6) is -1.09. The summed E-state index contributed by atoms with van der Waals surface area (Å²) < 4.78 is 13.2. The van der Waals surface area contributed by atoms with Crippen molar-refractivity contribution in [2.45, 2.75) is 45.3 Å². The number of carbonyl (C=O) groups excluding carboxylic acids is 1. The molecule has 24 heavy (non-hydrogen) atoms. The maximum atomic E-state index is 13.2. The molecule has 1 aromatic carbocycles. The number of urea groups is 1. The molecule has 132 valence electrons. The molecule has 1 aliphatic carbocycles. The number of rotatable bonds is 7. The van der Waals surface area contributed by atoms with Gasteiger partial charge in [0.2, 0.25) is 0 Å². The highest BCUT2D eigenvalue weighted by atomic mass is 19.1. The largest absolute Gasteiger partial charge is 0.480 e. The number of hydrogen-bond donors (Lipinski definition) is 3. The van der Waals surface area contributed by atoms with E-state index in [9.17, 15) is 14.0 Å². The van der Waals surface area contributed by atoms with Gasteiger partial charge in [-0.2, -0.15) is 0 Å². The molecule has 0 atom stereocenters. The number of carboxylic acid groups (broad SMARTS) is 1. The number of aliphatic carboxylic acids is 1. The smallest absolute Gasteiger partial charge is 0.317 e. The Hall–Kier alpha value is -2.15. The minimum absolute atomic E-state index is 0.0317. The van der Waals surface area contributed by atoms with Gasteiger partial charge in [0.05, 0.1) is 6.54 Å². The summed E-state index contributed by atoms with van der Waals surface area (Å²) in [5.41, 5.74) is 1.39. The van der Waals surface area contributed by atoms with Gasteiger partial charge in [-0.25, -0.2) is 9.18 Å². The van der Waals surface area contributed by atoms with Gasteiger partial charge in [-0.1, -0.05) is 19.1 Å². The topological polar surface area (TPSA) is 81.7 Å². The molecule has 3 N–H and O–H groups in total. The average molecular weight is 337 g/mol. The van der Waals surface area contributed by atoms with Gasteiger partial charge in [0, 0.05) is 18.6 Å². The molecule has 0 saturated heterocycles. The molecule has 0 aromatic heterocycles. The van der Waals surface area contributed by atoms with Crippen molar-refractivity contribution in [2.75, 3.05) is 13.1 Å². The van der Waals surface area contributed by atoms with Crippen LogP contribution in [-0.4, -0.2) is 47.2 Å². The molecule has 1 fully saturated rings. The lowest BCUT2D eigenvalue weighted by Gasteiger charge is -2.42. The van der Waals surface area contributed by atoms with Crippen molar-refractivity contribution in [3.05, 3.63) is 35.1 Å². The van der Waals surface area contributed by atoms with Crippen molar-refractivity contribution in [3.63, 3.8) is 0 Å². The molecule has 2 amide bonds. The SMILES string of the molecule is CCN(CC(=O)O)C1CC(NC(=O)NCc2ccc(F)c(C)c2)C1. The van der Waals surface area contributed by atoms with Crippen LogP contribution in [0, 0.1) is 12.7 Å². The van der Waals surface area contributed by atoms with Crippen LogP contribution >= 0.6 is 0 Å². The van der Waals surface area contributed by atoms with Gasteiger partial charge in [0.15, 0.2) is 0 Å². The number of likely N-dealkylation sites (N-methyl/N-ethyl adjacent to an activating group) is 1. The molecular formula is C17H24FN3O3. The number of amides is 2. The third-order valence-corrected chi connectivity index (χ3v) is 4.38. The Morgan fingerprint density at radius 3 is 2.67 bits per heavy atom. The predicted molar refractivity (Wildman–Crippen MR) is 88.2 cm³/mol. The van der Waals surface area contributed by atoms with E-state index in [1.807, 2.05) is 11.8 Å². The van der Waals surface area contributed by atoms with E-state index in [1.165, 1.54) is 6.07 Å². The molecule has 7 heteroatoms. The van der Waals surface area contributed by atoms with E-state index in [-0.39, 0.29) is 30.5 Å². The van der Waals surface area contributed by atoms with Crippen LogP contribution in [0.5, 0.6) is 0 Å². The second-order valence-electron chi connectivity index (χ2n) is 6.19. The minimum Gasteiger partial charge on any atom is -0.480 e. The van der Waals surface area contributed by atoms with E-state index in [4.69, 9.17) is 5.11 Å². The highest BCUT2D eigenvalue weighted by Crippen LogP contribution is 2.25. The predicted octanol–water partition coefficient (Wildman–Crippen LogP) is 1.87. The van der Waals surface area contributed by atoms with Crippen LogP contribution in [0.25, 0.3) is 0 Å². The molecule has 0 unspecified atom stereocenters. The fourth-order valence-corrected chi connectivity index (χ4v) is 2.91. The highest BCUT2D eigenvalue weighted by molar-refractivity contribution is 5.74. The standard InChI is InChI=1S/C17H24FN3O3/c1-3-21(10-16(22)23)14-7-13(8-14)20-17(24)19-9-12-4-5-15(18)11(2)6-12/h4-6,13-14H,3,7-10H2,1-2H3,(H,22,23)(H2,19,20,24). The Labute approximate surface area is 141 Å². The van der Waals surface area contributed by atoms with Gasteiger partial charge in [-0.15, -0.1) is 0 Å². The Kier molecular flexibility index (Phi) is 6.14. The molecule has 6 nitrogen and oxygen atoms in total. The zero-order valence-electron chi connectivity index (χ0n) is 14.0. The molecule has 2 rings (SSSR count). The van der Waals surface area contributed by atoms with Crippen molar-refractivity contribution in [2.24, 2.45) is 0 Å². The molecule has 0 heterocycles. The summed E-state index contributed by atoms with van der Waals surface area (Å²) in [6.07, 6.45) is 1.51. The van der Waals surface area contributed by atoms with E-state index in [1.54, 1.807) is 19.1 Å². The Bertz CT molecular complexity index is 603. The number of benzene rings is 1. The quantitative estimate of drug-likeness (QED) is 0.709. The number of hydrogen-bond acceptors (Lipinski definition) is 3. The van der Waals surface area contributed by atoms with E-state index in [2.05, 4.69) is 10.6 Å². The number of nitrogens with zero attached hydrogens (tertiary/aromatic N) is 1. The maximum absolute atomic E-state index is 13.2. The maximum Gasteiger partial charge on any atom is 0.317 e. The number of aryl methyl sites for hydroxylation is 1. The van der Waals surface area contributed by atoms with Gasteiger partial charge < -0.3 is 15.7 Å². The zero-order chi connectivity index (χ0) is 17.7. The first kappa shape index (κ1) is 18.2. The Morgan fingerprint density at radius 2 is 2.08 bits per heavy atom. The van der Waals surface area contributed by atoms with Crippen molar-refractivity contribution < 1.29 is 19.1 Å². The Morgan fingerprint density at radius 1 is 1.38 bits per heavy atom. The van der Waals surface area contributed by atoms with Crippen LogP contribution in [0.4, 0.5) is 9.18 Å². The lowest BCUT2D eigenvalue weighted by Crippen LogP contribution is -2.56. The van der Waals surface area contributed by atoms with Crippen LogP contribution in [0.3, 0.4) is 0 Å². The highest BCUT2D eigenvalue weighted by Gasteiger charge is 2.34. The van der Waals surface area contributed by atoms with Crippen molar-refractivity contribution in [1.82, 2.24) is 15.5 Å². The second kappa shape index (κ2) is 8.10. The lowest BCUT2D eigenvalue weighted by molar-refractivity contribution is -0.139. The number of halogens is 1. The fraction of sp³-hybridized carbons (Fsp3) is 0.529. The van der Waals surface area contributed by atoms with Gasteiger partial charge >= 0.3 is 12.0 Å². The molecule has 1 aromatic rings. The van der Waals surface area contributed by atoms with Gasteiger partial charge in [0.25, 0.3) is 0 Å². The van der Waals surface area contributed by atoms with Crippen LogP contribution < -0.4 is 10.6 Å². The van der Waals surface area contributed by atoms with E-state index >= 15 is 0 Å². The van der Waals surface area contributed by atoms with Crippen molar-refractivity contribution in [3.8, 4) is 0 Å². The van der Waals surface area contributed by atoms with Crippen LogP contribution in [0.15, 0.2) is 18.2 Å². The summed E-state index contributed by atoms with van der Waals surface area (Å²) in [4.78, 5) is 24.6. The molecule has 0 aliphatic heterocycles. The molecule has 0 radical (unpaired) electrons. The van der Waals surface area contributed by atoms with E-state index < -0.39 is 5.97 Å². The van der Waals surface area contributed by atoms with Gasteiger partial charge in [0.1, 0.15) is 5.82 Å². The molecule has 0 spiro atoms. The third-order valence-electron chi connectivity index (χ3n) is 4.38. The summed E-state index contributed by atoms with van der Waals surface area (Å²) >= 11 is 0. The van der Waals surface area contributed by atoms with Crippen LogP contribution in [0.2, 0.25) is 0 Å². The summed E-state index contributed by atoms with van der Waals surface area (Å²) in [7, 11) is 0. The Balaban J connectivity index is 1.70. The third kappa shape index (κ3) is 4.92. The van der Waals surface area contributed by atoms with E-state index in [0.717, 1.165) is 18.4 Å². The molecule has 0 bridgehead atoms. The van der Waals surface area contributed by atoms with Crippen LogP contribution in [-0.2, 0) is 11.3 Å². The lowest BCUT2D eigenvalue weighted by atomic mass is 9.85. The minimum atomic E-state index is -0.833. The van der Waals surface area contributed by atoms with Crippen molar-refractivity contribution >= 4 is 12.0 Å². The molecular weight excluding hydrogens is 313 g/mol. The number of carbonyl (C=O) groups is 2. The average Bonchev–Trinajstić information content (AvgIpc) is 2.49. The first-order valence-electron chi connectivity index (χ1n) is 8.14. The van der Waals surface area contributed by atoms with Crippen LogP contribution in [0.1, 0.15) is 30.9 Å².